The molecule has 1 nitrogen and oxygen atoms in total. The quantitative estimate of drug-likeness (QED) is 0.466. The topological polar surface area (TPSA) is 9.23 Å². The second-order valence-corrected chi connectivity index (χ2v) is 2.52. The van der Waals surface area contributed by atoms with E-state index in [0.29, 0.717) is 0 Å². The van der Waals surface area contributed by atoms with Crippen molar-refractivity contribution in [3.63, 3.8) is 0 Å². The molecule has 1 unspecified atom stereocenters. The van der Waals surface area contributed by atoms with E-state index in [1.165, 1.54) is 0 Å². The Morgan fingerprint density at radius 2 is 2.12 bits per heavy atom. The zero-order valence-electron chi connectivity index (χ0n) is 4.23. The molecule has 8 heavy (non-hydrogen) atoms. The number of hydrogen-bond donors (Lipinski definition) is 0. The summed E-state index contributed by atoms with van der Waals surface area (Å²) in [5.41, 5.74) is -1.59. The fourth-order valence-electron chi connectivity index (χ4n) is 1.27. The SMILES string of the molecule is FC1OC2CC1(F)C2. The number of halogens is 2. The lowest BCUT2D eigenvalue weighted by molar-refractivity contribution is -0.0268. The van der Waals surface area contributed by atoms with Crippen LogP contribution >= 0.6 is 0 Å². The first-order valence-corrected chi connectivity index (χ1v) is 2.69. The van der Waals surface area contributed by atoms with E-state index in [4.69, 9.17) is 0 Å². The minimum atomic E-state index is -1.63. The molecule has 1 atom stereocenters. The van der Waals surface area contributed by atoms with Gasteiger partial charge in [0.05, 0.1) is 6.10 Å². The van der Waals surface area contributed by atoms with Crippen LogP contribution in [0.4, 0.5) is 8.78 Å². The molecule has 0 spiro atoms. The molecule has 2 heterocycles. The maximum absolute atomic E-state index is 12.6. The second kappa shape index (κ2) is 1.05. The number of fused-ring (bicyclic) bond motifs is 1. The number of hydrogen-bond acceptors (Lipinski definition) is 1. The lowest BCUT2D eigenvalue weighted by atomic mass is 9.83. The molecular formula is C5H6F2O. The minimum Gasteiger partial charge on any atom is -0.342 e. The van der Waals surface area contributed by atoms with Gasteiger partial charge in [0.1, 0.15) is 0 Å². The van der Waals surface area contributed by atoms with Crippen molar-refractivity contribution in [1.82, 2.24) is 0 Å². The van der Waals surface area contributed by atoms with Crippen LogP contribution in [-0.2, 0) is 4.74 Å². The molecule has 1 saturated carbocycles. The fraction of sp³-hybridized carbons (Fsp3) is 1.00. The Morgan fingerprint density at radius 3 is 2.25 bits per heavy atom. The van der Waals surface area contributed by atoms with Crippen molar-refractivity contribution in [1.29, 1.82) is 0 Å². The van der Waals surface area contributed by atoms with E-state index in [1.54, 1.807) is 0 Å². The monoisotopic (exact) mass is 120 g/mol. The Kier molecular flexibility index (Phi) is 0.615. The molecular weight excluding hydrogens is 114 g/mol. The summed E-state index contributed by atoms with van der Waals surface area (Å²) >= 11 is 0. The molecule has 46 valence electrons. The molecule has 3 aliphatic rings. The van der Waals surface area contributed by atoms with Gasteiger partial charge < -0.3 is 4.74 Å². The van der Waals surface area contributed by atoms with Gasteiger partial charge in [-0.1, -0.05) is 0 Å². The summed E-state index contributed by atoms with van der Waals surface area (Å²) in [7, 11) is 0. The van der Waals surface area contributed by atoms with Crippen molar-refractivity contribution in [3.8, 4) is 0 Å². The molecule has 3 fully saturated rings. The van der Waals surface area contributed by atoms with Crippen molar-refractivity contribution in [2.75, 3.05) is 0 Å². The van der Waals surface area contributed by atoms with Crippen LogP contribution in [0.25, 0.3) is 0 Å². The molecule has 2 aliphatic heterocycles. The van der Waals surface area contributed by atoms with Crippen LogP contribution in [0, 0.1) is 0 Å². The van der Waals surface area contributed by atoms with E-state index >= 15 is 0 Å². The highest BCUT2D eigenvalue weighted by Crippen LogP contribution is 2.50. The van der Waals surface area contributed by atoms with Crippen molar-refractivity contribution in [2.24, 2.45) is 0 Å². The molecule has 0 aromatic rings. The summed E-state index contributed by atoms with van der Waals surface area (Å²) in [5, 5.41) is 0. The third-order valence-electron chi connectivity index (χ3n) is 1.85. The Balaban J connectivity index is 2.21. The van der Waals surface area contributed by atoms with Crippen molar-refractivity contribution in [2.45, 2.75) is 31.0 Å². The van der Waals surface area contributed by atoms with E-state index in [2.05, 4.69) is 4.74 Å². The molecule has 3 heteroatoms. The Labute approximate surface area is 45.6 Å². The molecule has 0 aromatic carbocycles. The predicted molar refractivity (Wildman–Crippen MR) is 22.8 cm³/mol. The standard InChI is InChI=1S/C5H6F2O/c6-4-5(7)1-3(2-5)8-4/h3-4H,1-2H2. The van der Waals surface area contributed by atoms with E-state index in [-0.39, 0.29) is 18.9 Å². The van der Waals surface area contributed by atoms with E-state index in [0.717, 1.165) is 0 Å². The van der Waals surface area contributed by atoms with Gasteiger partial charge in [0.2, 0.25) is 6.36 Å². The third-order valence-corrected chi connectivity index (χ3v) is 1.85. The molecule has 0 N–H and O–H groups in total. The molecule has 1 aliphatic carbocycles. The highest BCUT2D eigenvalue weighted by molar-refractivity contribution is 5.04. The van der Waals surface area contributed by atoms with Crippen molar-refractivity contribution in [3.05, 3.63) is 0 Å². The Hall–Kier alpha value is -0.180. The minimum absolute atomic E-state index is 0.116. The van der Waals surface area contributed by atoms with Gasteiger partial charge in [-0.15, -0.1) is 0 Å². The molecule has 0 amide bonds. The maximum Gasteiger partial charge on any atom is 0.233 e. The van der Waals surface area contributed by atoms with Crippen LogP contribution in [0.3, 0.4) is 0 Å². The summed E-state index contributed by atoms with van der Waals surface area (Å²) in [6, 6.07) is 0. The second-order valence-electron chi connectivity index (χ2n) is 2.52. The zero-order chi connectivity index (χ0) is 5.78. The smallest absolute Gasteiger partial charge is 0.233 e. The summed E-state index contributed by atoms with van der Waals surface area (Å²) in [4.78, 5) is 0. The van der Waals surface area contributed by atoms with Gasteiger partial charge in [0, 0.05) is 12.8 Å². The summed E-state index contributed by atoms with van der Waals surface area (Å²) in [6.07, 6.45) is -1.20. The van der Waals surface area contributed by atoms with E-state index in [9.17, 15) is 8.78 Å². The average molecular weight is 120 g/mol. The van der Waals surface area contributed by atoms with Gasteiger partial charge in [-0.25, -0.2) is 8.78 Å². The van der Waals surface area contributed by atoms with Gasteiger partial charge >= 0.3 is 0 Å². The van der Waals surface area contributed by atoms with Gasteiger partial charge in [0.25, 0.3) is 0 Å². The molecule has 2 saturated heterocycles. The first kappa shape index (κ1) is 4.68. The molecule has 3 rings (SSSR count). The van der Waals surface area contributed by atoms with Crippen LogP contribution in [0.5, 0.6) is 0 Å². The molecule has 2 bridgehead atoms. The Bertz CT molecular complexity index is 117. The highest BCUT2D eigenvalue weighted by Gasteiger charge is 2.60. The van der Waals surface area contributed by atoms with Gasteiger partial charge in [-0.05, 0) is 0 Å². The van der Waals surface area contributed by atoms with Crippen LogP contribution < -0.4 is 0 Å². The predicted octanol–water partition coefficient (Wildman–Crippen LogP) is 1.18. The molecule has 0 aromatic heterocycles. The van der Waals surface area contributed by atoms with E-state index < -0.39 is 12.0 Å². The van der Waals surface area contributed by atoms with Crippen molar-refractivity contribution >= 4 is 0 Å². The number of rotatable bonds is 0. The van der Waals surface area contributed by atoms with Gasteiger partial charge in [-0.2, -0.15) is 0 Å². The zero-order valence-corrected chi connectivity index (χ0v) is 4.23. The number of alkyl halides is 2. The molecule has 0 radical (unpaired) electrons. The van der Waals surface area contributed by atoms with Gasteiger partial charge in [-0.3, -0.25) is 0 Å². The third kappa shape index (κ3) is 0.344. The summed E-state index contributed by atoms with van der Waals surface area (Å²) in [6.45, 7) is 0. The van der Waals surface area contributed by atoms with Crippen LogP contribution in [0.1, 0.15) is 12.8 Å². The van der Waals surface area contributed by atoms with Crippen LogP contribution in [0.2, 0.25) is 0 Å². The normalized spacial score (nSPS) is 60.8. The highest BCUT2D eigenvalue weighted by atomic mass is 19.2. The van der Waals surface area contributed by atoms with Crippen LogP contribution in [0.15, 0.2) is 0 Å². The maximum atomic E-state index is 12.6. The fourth-order valence-corrected chi connectivity index (χ4v) is 1.27. The summed E-state index contributed by atoms with van der Waals surface area (Å²) < 4.78 is 29.2. The van der Waals surface area contributed by atoms with Crippen LogP contribution in [-0.4, -0.2) is 18.1 Å². The average Bonchev–Trinajstić information content (AvgIpc) is 1.90. The summed E-state index contributed by atoms with van der Waals surface area (Å²) in [5.74, 6) is 0. The largest absolute Gasteiger partial charge is 0.342 e. The lowest BCUT2D eigenvalue weighted by Gasteiger charge is -2.26. The Morgan fingerprint density at radius 1 is 1.50 bits per heavy atom. The first-order valence-electron chi connectivity index (χ1n) is 2.69. The first-order chi connectivity index (χ1) is 3.71. The number of ether oxygens (including phenoxy) is 1. The van der Waals surface area contributed by atoms with Gasteiger partial charge in [0.15, 0.2) is 5.67 Å². The lowest BCUT2D eigenvalue weighted by Crippen LogP contribution is -2.37. The van der Waals surface area contributed by atoms with Crippen molar-refractivity contribution < 1.29 is 13.5 Å². The van der Waals surface area contributed by atoms with E-state index in [1.807, 2.05) is 0 Å².